The Morgan fingerprint density at radius 3 is 1.66 bits per heavy atom. The Balaban J connectivity index is 1.42. The molecule has 8 nitrogen and oxygen atoms in total. The van der Waals surface area contributed by atoms with Crippen molar-refractivity contribution in [3.63, 3.8) is 0 Å². The van der Waals surface area contributed by atoms with Crippen LogP contribution in [0.5, 0.6) is 17.2 Å². The smallest absolute Gasteiger partial charge is 0.303 e. The molecule has 0 bridgehead atoms. The summed E-state index contributed by atoms with van der Waals surface area (Å²) in [5, 5.41) is 18.7. The first kappa shape index (κ1) is 40.0. The highest BCUT2D eigenvalue weighted by Crippen LogP contribution is 2.38. The van der Waals surface area contributed by atoms with Crippen LogP contribution < -0.4 is 14.2 Å². The number of benzene rings is 5. The third kappa shape index (κ3) is 10.9. The van der Waals surface area contributed by atoms with Gasteiger partial charge in [-0.05, 0) is 99.3 Å². The molecule has 0 unspecified atom stereocenters. The van der Waals surface area contributed by atoms with Gasteiger partial charge in [0.2, 0.25) is 0 Å². The number of carbonyl (C=O) groups excluding carboxylic acids is 1. The minimum Gasteiger partial charge on any atom is -0.497 e. The summed E-state index contributed by atoms with van der Waals surface area (Å²) < 4.78 is 16.8. The zero-order chi connectivity index (χ0) is 39.7. The van der Waals surface area contributed by atoms with Crippen molar-refractivity contribution in [1.82, 2.24) is 0 Å². The number of carboxylic acid groups (broad SMARTS) is 1. The molecule has 0 aromatic heterocycles. The first-order chi connectivity index (χ1) is 27.3. The zero-order valence-electron chi connectivity index (χ0n) is 31.4. The number of carboxylic acids is 1. The first-order valence-corrected chi connectivity index (χ1v) is 18.2. The second-order valence-corrected chi connectivity index (χ2v) is 12.8. The molecule has 0 aliphatic carbocycles. The maximum Gasteiger partial charge on any atom is 0.303 e. The van der Waals surface area contributed by atoms with Crippen molar-refractivity contribution in [2.45, 2.75) is 32.1 Å². The van der Waals surface area contributed by atoms with Crippen LogP contribution in [0.1, 0.15) is 65.5 Å². The molecule has 0 fully saturated rings. The highest BCUT2D eigenvalue weighted by atomic mass is 16.5. The van der Waals surface area contributed by atoms with Gasteiger partial charge in [-0.1, -0.05) is 103 Å². The van der Waals surface area contributed by atoms with Gasteiger partial charge in [-0.3, -0.25) is 9.59 Å². The summed E-state index contributed by atoms with van der Waals surface area (Å²) in [6.45, 7) is 8.19. The highest BCUT2D eigenvalue weighted by molar-refractivity contribution is 6.04. The number of rotatable bonds is 18. The molecule has 0 spiro atoms. The number of nitrogens with zero attached hydrogens (tertiary/aromatic N) is 2. The molecular weight excluding hydrogens is 701 g/mol. The second kappa shape index (κ2) is 20.3. The van der Waals surface area contributed by atoms with Crippen molar-refractivity contribution in [2.24, 2.45) is 0 Å². The normalized spacial score (nSPS) is 11.1. The lowest BCUT2D eigenvalue weighted by molar-refractivity contribution is -0.138. The molecular formula is C48H42N2O6. The summed E-state index contributed by atoms with van der Waals surface area (Å²) in [4.78, 5) is 26.0. The topological polar surface area (TPSA) is 110 Å². The lowest BCUT2D eigenvalue weighted by atomic mass is 9.85. The second-order valence-electron chi connectivity index (χ2n) is 12.8. The minimum atomic E-state index is -0.967. The molecule has 280 valence electrons. The van der Waals surface area contributed by atoms with E-state index in [4.69, 9.17) is 25.9 Å². The van der Waals surface area contributed by atoms with Gasteiger partial charge in [0.15, 0.2) is 0 Å². The van der Waals surface area contributed by atoms with E-state index in [9.17, 15) is 14.9 Å². The largest absolute Gasteiger partial charge is 0.497 e. The number of methoxy groups -OCH3 is 2. The third-order valence-corrected chi connectivity index (χ3v) is 9.09. The number of hydrogen-bond donors (Lipinski definition) is 1. The lowest BCUT2D eigenvalue weighted by Gasteiger charge is -2.19. The van der Waals surface area contributed by atoms with Gasteiger partial charge in [-0.25, -0.2) is 10.1 Å². The standard InChI is InChI=1S/C48H42N2O6/c1-50-45(33-49)44(30-14-34-12-24-43(25-13-34)56-32-8-7-11-40(51)23-31-46(52)53)35-15-17-37(18-16-35)47(36-9-5-4-6-10-36)48(38-19-26-41(54-2)27-20-38)39-21-28-42(55-3)29-22-39/h4-6,9-10,12-22,24-30H,7-8,11,23,31-32H2,2-3H3,(H,52,53)/b30-14+,45-44-. The average molecular weight is 743 g/mol. The van der Waals surface area contributed by atoms with Gasteiger partial charge in [0.05, 0.1) is 39.9 Å². The molecule has 8 heteroatoms. The average Bonchev–Trinajstić information content (AvgIpc) is 3.24. The van der Waals surface area contributed by atoms with Crippen LogP contribution in [-0.2, 0) is 9.59 Å². The Labute approximate surface area is 328 Å². The lowest BCUT2D eigenvalue weighted by Crippen LogP contribution is -2.04. The number of ether oxygens (including phenoxy) is 3. The predicted molar refractivity (Wildman–Crippen MR) is 220 cm³/mol. The number of unbranched alkanes of at least 4 members (excludes halogenated alkanes) is 1. The molecule has 0 atom stereocenters. The summed E-state index contributed by atoms with van der Waals surface area (Å²) >= 11 is 0. The van der Waals surface area contributed by atoms with E-state index in [1.54, 1.807) is 20.3 Å². The SMILES string of the molecule is [C-]#[N+]/C(C#N)=C(/C=C/c1ccc(OCCCCC(=O)CCC(=O)O)cc1)c1ccc(C(=C(c2ccc(OC)cc2)c2ccc(OC)cc2)c2ccccc2)cc1. The van der Waals surface area contributed by atoms with Gasteiger partial charge in [-0.2, -0.15) is 0 Å². The van der Waals surface area contributed by atoms with E-state index < -0.39 is 5.97 Å². The molecule has 1 N–H and O–H groups in total. The molecule has 0 heterocycles. The van der Waals surface area contributed by atoms with Crippen LogP contribution >= 0.6 is 0 Å². The number of allylic oxidation sites excluding steroid dienone is 3. The Hall–Kier alpha value is -7.16. The summed E-state index contributed by atoms with van der Waals surface area (Å²) in [7, 11) is 3.30. The summed E-state index contributed by atoms with van der Waals surface area (Å²) in [6.07, 6.45) is 5.22. The van der Waals surface area contributed by atoms with Gasteiger partial charge >= 0.3 is 5.97 Å². The number of ketones is 1. The maximum absolute atomic E-state index is 11.8. The molecule has 0 amide bonds. The highest BCUT2D eigenvalue weighted by Gasteiger charge is 2.18. The van der Waals surface area contributed by atoms with Crippen molar-refractivity contribution < 1.29 is 28.9 Å². The zero-order valence-corrected chi connectivity index (χ0v) is 31.4. The molecule has 0 aliphatic rings. The van der Waals surface area contributed by atoms with Crippen molar-refractivity contribution in [1.29, 1.82) is 5.26 Å². The molecule has 0 saturated heterocycles. The third-order valence-electron chi connectivity index (χ3n) is 9.09. The van der Waals surface area contributed by atoms with E-state index in [-0.39, 0.29) is 24.3 Å². The number of Topliss-reactive ketones (excluding diaryl/α,β-unsaturated/α-hetero) is 1. The number of carbonyl (C=O) groups is 2. The summed E-state index contributed by atoms with van der Waals surface area (Å²) in [5.74, 6) is 1.17. The Morgan fingerprint density at radius 1 is 0.661 bits per heavy atom. The van der Waals surface area contributed by atoms with Crippen LogP contribution in [0, 0.1) is 17.9 Å². The van der Waals surface area contributed by atoms with E-state index >= 15 is 0 Å². The minimum absolute atomic E-state index is 0.0219. The monoisotopic (exact) mass is 742 g/mol. The van der Waals surface area contributed by atoms with Crippen LogP contribution in [0.15, 0.2) is 139 Å². The number of nitriles is 1. The van der Waals surface area contributed by atoms with Gasteiger partial charge in [0.25, 0.3) is 5.70 Å². The number of hydrogen-bond acceptors (Lipinski definition) is 6. The summed E-state index contributed by atoms with van der Waals surface area (Å²) in [5.41, 5.74) is 8.05. The van der Waals surface area contributed by atoms with E-state index in [1.165, 1.54) is 0 Å². The Bertz CT molecular complexity index is 2210. The van der Waals surface area contributed by atoms with Gasteiger partial charge in [0.1, 0.15) is 23.0 Å². The molecule has 0 aliphatic heterocycles. The quantitative estimate of drug-likeness (QED) is 0.0313. The van der Waals surface area contributed by atoms with E-state index in [2.05, 4.69) is 23.0 Å². The van der Waals surface area contributed by atoms with Crippen LogP contribution in [0.2, 0.25) is 0 Å². The molecule has 5 aromatic carbocycles. The Kier molecular flexibility index (Phi) is 14.5. The van der Waals surface area contributed by atoms with Crippen LogP contribution in [0.3, 0.4) is 0 Å². The van der Waals surface area contributed by atoms with Gasteiger partial charge in [-0.15, -0.1) is 0 Å². The fourth-order valence-electron chi connectivity index (χ4n) is 6.14. The van der Waals surface area contributed by atoms with Crippen LogP contribution in [-0.4, -0.2) is 37.7 Å². The first-order valence-electron chi connectivity index (χ1n) is 18.2. The molecule has 56 heavy (non-hydrogen) atoms. The van der Waals surface area contributed by atoms with Crippen molar-refractivity contribution >= 4 is 34.5 Å². The fraction of sp³-hybridized carbons (Fsp3) is 0.167. The van der Waals surface area contributed by atoms with E-state index in [0.717, 1.165) is 56.0 Å². The van der Waals surface area contributed by atoms with Gasteiger partial charge < -0.3 is 19.3 Å². The van der Waals surface area contributed by atoms with Crippen molar-refractivity contribution in [3.05, 3.63) is 184 Å². The maximum atomic E-state index is 11.8. The predicted octanol–water partition coefficient (Wildman–Crippen LogP) is 10.6. The Morgan fingerprint density at radius 2 is 1.16 bits per heavy atom. The molecule has 0 saturated carbocycles. The van der Waals surface area contributed by atoms with E-state index in [0.29, 0.717) is 37.2 Å². The van der Waals surface area contributed by atoms with Crippen molar-refractivity contribution in [2.75, 3.05) is 20.8 Å². The van der Waals surface area contributed by atoms with E-state index in [1.807, 2.05) is 121 Å². The summed E-state index contributed by atoms with van der Waals surface area (Å²) in [6, 6.07) is 43.7. The number of aliphatic carboxylic acids is 1. The van der Waals surface area contributed by atoms with Crippen LogP contribution in [0.4, 0.5) is 0 Å². The molecule has 5 aromatic rings. The fourth-order valence-corrected chi connectivity index (χ4v) is 6.14. The van der Waals surface area contributed by atoms with Crippen LogP contribution in [0.25, 0.3) is 27.6 Å². The van der Waals surface area contributed by atoms with Gasteiger partial charge in [0, 0.05) is 12.8 Å². The molecule has 5 rings (SSSR count). The molecule has 0 radical (unpaired) electrons. The van der Waals surface area contributed by atoms with Crippen molar-refractivity contribution in [3.8, 4) is 23.3 Å².